The molecule has 0 spiro atoms. The quantitative estimate of drug-likeness (QED) is 0.662. The number of benzene rings is 1. The van der Waals surface area contributed by atoms with Crippen LogP contribution in [-0.4, -0.2) is 16.7 Å². The van der Waals surface area contributed by atoms with Crippen LogP contribution in [-0.2, 0) is 9.59 Å². The van der Waals surface area contributed by atoms with Crippen molar-refractivity contribution in [2.45, 2.75) is 39.5 Å². The van der Waals surface area contributed by atoms with Crippen LogP contribution in [0.2, 0.25) is 0 Å². The van der Waals surface area contributed by atoms with E-state index in [-0.39, 0.29) is 17.1 Å². The van der Waals surface area contributed by atoms with Crippen molar-refractivity contribution in [3.05, 3.63) is 81.2 Å². The van der Waals surface area contributed by atoms with Crippen LogP contribution in [0.25, 0.3) is 0 Å². The molecular weight excluding hydrogens is 442 g/mol. The van der Waals surface area contributed by atoms with Crippen molar-refractivity contribution in [2.75, 3.05) is 5.32 Å². The third-order valence-electron chi connectivity index (χ3n) is 5.59. The Morgan fingerprint density at radius 3 is 2.57 bits per heavy atom. The van der Waals surface area contributed by atoms with Crippen molar-refractivity contribution in [2.24, 2.45) is 5.41 Å². The number of rotatable bonds is 3. The number of carbonyl (C=O) groups is 2. The molecule has 0 fully saturated rings. The van der Waals surface area contributed by atoms with E-state index in [1.165, 1.54) is 0 Å². The molecule has 1 atom stereocenters. The Bertz CT molecular complexity index is 1070. The van der Waals surface area contributed by atoms with Crippen LogP contribution in [0.15, 0.2) is 75.7 Å². The minimum Gasteiger partial charge on any atom is -0.362 e. The van der Waals surface area contributed by atoms with Crippen molar-refractivity contribution >= 4 is 33.4 Å². The molecule has 0 bridgehead atoms. The Hall–Kier alpha value is -2.73. The first-order valence-corrected chi connectivity index (χ1v) is 10.8. The van der Waals surface area contributed by atoms with Gasteiger partial charge in [-0.05, 0) is 52.4 Å². The van der Waals surface area contributed by atoms with Crippen molar-refractivity contribution < 1.29 is 9.59 Å². The molecule has 0 saturated carbocycles. The average Bonchev–Trinajstić information content (AvgIpc) is 2.68. The Morgan fingerprint density at radius 2 is 1.90 bits per heavy atom. The highest BCUT2D eigenvalue weighted by atomic mass is 79.9. The molecule has 1 amide bonds. The van der Waals surface area contributed by atoms with E-state index in [1.807, 2.05) is 43.3 Å². The van der Waals surface area contributed by atoms with Crippen LogP contribution < -0.4 is 10.6 Å². The van der Waals surface area contributed by atoms with Gasteiger partial charge in [0, 0.05) is 45.5 Å². The van der Waals surface area contributed by atoms with E-state index in [1.54, 1.807) is 12.3 Å². The average molecular weight is 466 g/mol. The van der Waals surface area contributed by atoms with E-state index in [2.05, 4.69) is 45.4 Å². The normalized spacial score (nSPS) is 20.5. The van der Waals surface area contributed by atoms with Crippen LogP contribution in [0.3, 0.4) is 0 Å². The fourth-order valence-electron chi connectivity index (χ4n) is 4.35. The molecule has 1 aliphatic carbocycles. The number of nitrogens with one attached hydrogen (secondary N) is 2. The first-order chi connectivity index (χ1) is 14.2. The van der Waals surface area contributed by atoms with Crippen LogP contribution in [0.1, 0.15) is 45.1 Å². The highest BCUT2D eigenvalue weighted by molar-refractivity contribution is 9.10. The summed E-state index contributed by atoms with van der Waals surface area (Å²) in [5.41, 5.74) is 3.79. The Balaban J connectivity index is 1.78. The second-order valence-electron chi connectivity index (χ2n) is 8.66. The predicted octanol–water partition coefficient (Wildman–Crippen LogP) is 5.09. The number of dihydropyridines is 1. The first-order valence-electron chi connectivity index (χ1n) is 9.97. The molecule has 4 rings (SSSR count). The fourth-order valence-corrected chi connectivity index (χ4v) is 4.58. The predicted molar refractivity (Wildman–Crippen MR) is 121 cm³/mol. The van der Waals surface area contributed by atoms with Gasteiger partial charge in [0.2, 0.25) is 0 Å². The van der Waals surface area contributed by atoms with Crippen molar-refractivity contribution in [1.82, 2.24) is 10.3 Å². The summed E-state index contributed by atoms with van der Waals surface area (Å²) in [6, 6.07) is 13.3. The molecular formula is C24H24BrN3O2. The number of halogens is 1. The van der Waals surface area contributed by atoms with Gasteiger partial charge in [0.15, 0.2) is 5.78 Å². The summed E-state index contributed by atoms with van der Waals surface area (Å²) >= 11 is 3.35. The topological polar surface area (TPSA) is 71.1 Å². The molecule has 0 saturated heterocycles. The van der Waals surface area contributed by atoms with E-state index < -0.39 is 5.92 Å². The SMILES string of the molecule is CC1=C(C(=O)Nc2ccc(Br)cn2)C(c2ccccc2)C2=C(CC(C)(C)CC2=O)N1. The smallest absolute Gasteiger partial charge is 0.255 e. The maximum atomic E-state index is 13.4. The van der Waals surface area contributed by atoms with E-state index in [4.69, 9.17) is 0 Å². The first kappa shape index (κ1) is 20.5. The van der Waals surface area contributed by atoms with Crippen LogP contribution in [0.5, 0.6) is 0 Å². The third-order valence-corrected chi connectivity index (χ3v) is 6.06. The summed E-state index contributed by atoms with van der Waals surface area (Å²) in [6.07, 6.45) is 2.88. The number of anilines is 1. The van der Waals surface area contributed by atoms with Crippen LogP contribution in [0, 0.1) is 5.41 Å². The number of allylic oxidation sites excluding steroid dienone is 3. The second-order valence-corrected chi connectivity index (χ2v) is 9.57. The number of aromatic nitrogens is 1. The number of amides is 1. The monoisotopic (exact) mass is 465 g/mol. The summed E-state index contributed by atoms with van der Waals surface area (Å²) in [5, 5.41) is 6.27. The molecule has 1 aromatic heterocycles. The number of nitrogens with zero attached hydrogens (tertiary/aromatic N) is 1. The molecule has 2 aromatic rings. The highest BCUT2D eigenvalue weighted by Gasteiger charge is 2.42. The lowest BCUT2D eigenvalue weighted by Crippen LogP contribution is -2.39. The Kier molecular flexibility index (Phi) is 5.36. The number of Topliss-reactive ketones (excluding diaryl/α,β-unsaturated/α-hetero) is 1. The minimum atomic E-state index is -0.401. The molecule has 30 heavy (non-hydrogen) atoms. The molecule has 154 valence electrons. The lowest BCUT2D eigenvalue weighted by atomic mass is 9.68. The van der Waals surface area contributed by atoms with Crippen molar-refractivity contribution in [3.8, 4) is 0 Å². The standard InChI is InChI=1S/C24H24BrN3O2/c1-14-20(23(30)28-19-10-9-16(25)13-26-19)21(15-7-5-4-6-8-15)22-17(27-14)11-24(2,3)12-18(22)29/h4-10,13,21,27H,11-12H2,1-3H3,(H,26,28,30). The summed E-state index contributed by atoms with van der Waals surface area (Å²) in [7, 11) is 0. The van der Waals surface area contributed by atoms with Gasteiger partial charge in [0.25, 0.3) is 5.91 Å². The van der Waals surface area contributed by atoms with Gasteiger partial charge in [-0.2, -0.15) is 0 Å². The molecule has 2 heterocycles. The second kappa shape index (κ2) is 7.84. The molecule has 1 aliphatic heterocycles. The molecule has 6 heteroatoms. The summed E-state index contributed by atoms with van der Waals surface area (Å²) in [5.74, 6) is -0.0947. The van der Waals surface area contributed by atoms with Gasteiger partial charge in [0.05, 0.1) is 0 Å². The maximum absolute atomic E-state index is 13.4. The Morgan fingerprint density at radius 1 is 1.17 bits per heavy atom. The number of hydrogen-bond donors (Lipinski definition) is 2. The molecule has 0 radical (unpaired) electrons. The lowest BCUT2D eigenvalue weighted by molar-refractivity contribution is -0.118. The molecule has 1 unspecified atom stereocenters. The highest BCUT2D eigenvalue weighted by Crippen LogP contribution is 2.46. The number of carbonyl (C=O) groups excluding carboxylic acids is 2. The van der Waals surface area contributed by atoms with Gasteiger partial charge in [-0.3, -0.25) is 9.59 Å². The summed E-state index contributed by atoms with van der Waals surface area (Å²) < 4.78 is 0.836. The largest absolute Gasteiger partial charge is 0.362 e. The molecule has 5 nitrogen and oxygen atoms in total. The third kappa shape index (κ3) is 3.97. The van der Waals surface area contributed by atoms with Crippen LogP contribution in [0.4, 0.5) is 5.82 Å². The summed E-state index contributed by atoms with van der Waals surface area (Å²) in [4.78, 5) is 30.8. The van der Waals surface area contributed by atoms with E-state index >= 15 is 0 Å². The molecule has 1 aromatic carbocycles. The van der Waals surface area contributed by atoms with Gasteiger partial charge in [-0.15, -0.1) is 0 Å². The number of hydrogen-bond acceptors (Lipinski definition) is 4. The fraction of sp³-hybridized carbons (Fsp3) is 0.292. The molecule has 2 aliphatic rings. The zero-order chi connectivity index (χ0) is 21.5. The van der Waals surface area contributed by atoms with Gasteiger partial charge in [-0.1, -0.05) is 44.2 Å². The number of pyridine rings is 1. The van der Waals surface area contributed by atoms with E-state index in [0.717, 1.165) is 27.9 Å². The van der Waals surface area contributed by atoms with Gasteiger partial charge < -0.3 is 10.6 Å². The maximum Gasteiger partial charge on any atom is 0.255 e. The van der Waals surface area contributed by atoms with E-state index in [0.29, 0.717) is 23.4 Å². The molecule has 2 N–H and O–H groups in total. The lowest BCUT2D eigenvalue weighted by Gasteiger charge is -2.39. The zero-order valence-electron chi connectivity index (χ0n) is 17.3. The zero-order valence-corrected chi connectivity index (χ0v) is 18.8. The van der Waals surface area contributed by atoms with Crippen LogP contribution >= 0.6 is 15.9 Å². The van der Waals surface area contributed by atoms with Crippen molar-refractivity contribution in [1.29, 1.82) is 0 Å². The Labute approximate surface area is 184 Å². The minimum absolute atomic E-state index is 0.0992. The van der Waals surface area contributed by atoms with Gasteiger partial charge in [0.1, 0.15) is 5.82 Å². The van der Waals surface area contributed by atoms with E-state index in [9.17, 15) is 9.59 Å². The number of ketones is 1. The van der Waals surface area contributed by atoms with Gasteiger partial charge in [-0.25, -0.2) is 4.98 Å². The van der Waals surface area contributed by atoms with Gasteiger partial charge >= 0.3 is 0 Å². The van der Waals surface area contributed by atoms with Crippen molar-refractivity contribution in [3.63, 3.8) is 0 Å². The summed E-state index contributed by atoms with van der Waals surface area (Å²) in [6.45, 7) is 6.11.